The molecule has 4 rings (SSSR count). The Kier molecular flexibility index (Phi) is 6.12. The van der Waals surface area contributed by atoms with Gasteiger partial charge in [-0.3, -0.25) is 15.1 Å². The van der Waals surface area contributed by atoms with Gasteiger partial charge in [-0.1, -0.05) is 31.4 Å². The predicted molar refractivity (Wildman–Crippen MR) is 116 cm³/mol. The van der Waals surface area contributed by atoms with Crippen LogP contribution in [0, 0.1) is 10.1 Å². The third-order valence-electron chi connectivity index (χ3n) is 5.22. The van der Waals surface area contributed by atoms with Gasteiger partial charge in [0.15, 0.2) is 0 Å². The molecular weight excluding hydrogens is 380 g/mol. The predicted octanol–water partition coefficient (Wildman–Crippen LogP) is 4.80. The van der Waals surface area contributed by atoms with Crippen LogP contribution in [0.15, 0.2) is 54.9 Å². The first-order valence-corrected chi connectivity index (χ1v) is 10.2. The maximum Gasteiger partial charge on any atom is 0.269 e. The summed E-state index contributed by atoms with van der Waals surface area (Å²) in [6.45, 7) is 0.425. The first-order chi connectivity index (χ1) is 14.7. The van der Waals surface area contributed by atoms with Gasteiger partial charge in [-0.2, -0.15) is 4.98 Å². The van der Waals surface area contributed by atoms with Crippen LogP contribution in [0.4, 0.5) is 17.5 Å². The largest absolute Gasteiger partial charge is 0.366 e. The number of pyridine rings is 1. The molecule has 2 N–H and O–H groups in total. The molecule has 0 bridgehead atoms. The van der Waals surface area contributed by atoms with Crippen LogP contribution in [-0.2, 0) is 6.54 Å². The molecule has 0 aliphatic heterocycles. The number of nitrogens with zero attached hydrogens (tertiary/aromatic N) is 4. The molecule has 0 spiro atoms. The molecule has 3 aromatic rings. The summed E-state index contributed by atoms with van der Waals surface area (Å²) < 4.78 is 0. The lowest BCUT2D eigenvalue weighted by Crippen LogP contribution is -2.23. The Labute approximate surface area is 175 Å². The number of hydrogen-bond donors (Lipinski definition) is 2. The number of aromatic nitrogens is 3. The summed E-state index contributed by atoms with van der Waals surface area (Å²) in [7, 11) is 0. The standard InChI is InChI=1S/C22H24N6O2/c29-28(30)19-10-4-6-16(12-19)14-24-21-13-20(17-7-5-11-23-15-17)26-22(27-21)25-18-8-2-1-3-9-18/h4-7,10-13,15,18H,1-3,8-9,14H2,(H2,24,25,26,27). The zero-order chi connectivity index (χ0) is 20.8. The van der Waals surface area contributed by atoms with Crippen molar-refractivity contribution in [1.29, 1.82) is 0 Å². The van der Waals surface area contributed by atoms with E-state index in [9.17, 15) is 10.1 Å². The number of hydrogen-bond acceptors (Lipinski definition) is 7. The molecule has 1 saturated carbocycles. The minimum absolute atomic E-state index is 0.0766. The first kappa shape index (κ1) is 19.8. The SMILES string of the molecule is O=[N+]([O-])c1cccc(CNc2cc(-c3cccnc3)nc(NC3CCCCC3)n2)c1. The topological polar surface area (TPSA) is 106 Å². The van der Waals surface area contributed by atoms with Crippen molar-refractivity contribution in [2.24, 2.45) is 0 Å². The summed E-state index contributed by atoms with van der Waals surface area (Å²) in [6.07, 6.45) is 9.47. The molecule has 1 aliphatic carbocycles. The summed E-state index contributed by atoms with van der Waals surface area (Å²) in [5.74, 6) is 1.25. The summed E-state index contributed by atoms with van der Waals surface area (Å²) in [6, 6.07) is 12.7. The number of rotatable bonds is 7. The Balaban J connectivity index is 1.57. The summed E-state index contributed by atoms with van der Waals surface area (Å²) in [5.41, 5.74) is 2.57. The lowest BCUT2D eigenvalue weighted by atomic mass is 9.96. The maximum absolute atomic E-state index is 11.0. The van der Waals surface area contributed by atoms with Crippen molar-refractivity contribution in [2.45, 2.75) is 44.7 Å². The first-order valence-electron chi connectivity index (χ1n) is 10.2. The average Bonchev–Trinajstić information content (AvgIpc) is 2.79. The smallest absolute Gasteiger partial charge is 0.269 e. The van der Waals surface area contributed by atoms with Crippen molar-refractivity contribution in [3.63, 3.8) is 0 Å². The van der Waals surface area contributed by atoms with Crippen LogP contribution < -0.4 is 10.6 Å². The lowest BCUT2D eigenvalue weighted by Gasteiger charge is -2.23. The van der Waals surface area contributed by atoms with Gasteiger partial charge in [0.1, 0.15) is 5.82 Å². The molecule has 154 valence electrons. The quantitative estimate of drug-likeness (QED) is 0.430. The molecule has 0 radical (unpaired) electrons. The van der Waals surface area contributed by atoms with Crippen molar-refractivity contribution in [3.8, 4) is 11.3 Å². The highest BCUT2D eigenvalue weighted by Gasteiger charge is 2.16. The molecule has 1 aromatic carbocycles. The van der Waals surface area contributed by atoms with Crippen LogP contribution in [0.25, 0.3) is 11.3 Å². The third kappa shape index (κ3) is 5.08. The zero-order valence-corrected chi connectivity index (χ0v) is 16.6. The van der Waals surface area contributed by atoms with Crippen molar-refractivity contribution in [3.05, 3.63) is 70.5 Å². The van der Waals surface area contributed by atoms with Crippen molar-refractivity contribution >= 4 is 17.5 Å². The van der Waals surface area contributed by atoms with E-state index < -0.39 is 0 Å². The number of nitrogens with one attached hydrogen (secondary N) is 2. The maximum atomic E-state index is 11.0. The molecule has 0 saturated heterocycles. The average molecular weight is 404 g/mol. The van der Waals surface area contributed by atoms with E-state index >= 15 is 0 Å². The Morgan fingerprint density at radius 1 is 1.07 bits per heavy atom. The van der Waals surface area contributed by atoms with Gasteiger partial charge in [0, 0.05) is 48.7 Å². The molecule has 2 heterocycles. The Morgan fingerprint density at radius 2 is 1.93 bits per heavy atom. The number of nitro benzene ring substituents is 1. The second kappa shape index (κ2) is 9.30. The molecule has 8 nitrogen and oxygen atoms in total. The van der Waals surface area contributed by atoms with E-state index in [2.05, 4.69) is 20.6 Å². The van der Waals surface area contributed by atoms with E-state index in [4.69, 9.17) is 4.98 Å². The highest BCUT2D eigenvalue weighted by atomic mass is 16.6. The van der Waals surface area contributed by atoms with Gasteiger partial charge in [-0.15, -0.1) is 0 Å². The summed E-state index contributed by atoms with van der Waals surface area (Å²) in [4.78, 5) is 24.2. The zero-order valence-electron chi connectivity index (χ0n) is 16.6. The van der Waals surface area contributed by atoms with Gasteiger partial charge in [-0.05, 0) is 30.5 Å². The second-order valence-corrected chi connectivity index (χ2v) is 7.46. The van der Waals surface area contributed by atoms with Crippen LogP contribution in [-0.4, -0.2) is 25.9 Å². The Hall–Kier alpha value is -3.55. The van der Waals surface area contributed by atoms with Gasteiger partial charge in [0.2, 0.25) is 5.95 Å². The lowest BCUT2D eigenvalue weighted by molar-refractivity contribution is -0.384. The van der Waals surface area contributed by atoms with E-state index in [1.54, 1.807) is 24.5 Å². The minimum Gasteiger partial charge on any atom is -0.366 e. The highest BCUT2D eigenvalue weighted by Crippen LogP contribution is 2.24. The third-order valence-corrected chi connectivity index (χ3v) is 5.22. The van der Waals surface area contributed by atoms with Gasteiger partial charge in [-0.25, -0.2) is 4.98 Å². The fourth-order valence-electron chi connectivity index (χ4n) is 3.67. The van der Waals surface area contributed by atoms with E-state index in [1.807, 2.05) is 24.3 Å². The molecule has 1 fully saturated rings. The summed E-state index contributed by atoms with van der Waals surface area (Å²) in [5, 5.41) is 17.8. The normalized spacial score (nSPS) is 14.3. The van der Waals surface area contributed by atoms with Crippen molar-refractivity contribution in [2.75, 3.05) is 10.6 Å². The number of nitro groups is 1. The molecule has 0 unspecified atom stereocenters. The fraction of sp³-hybridized carbons (Fsp3) is 0.318. The number of benzene rings is 1. The van der Waals surface area contributed by atoms with Crippen LogP contribution in [0.5, 0.6) is 0 Å². The van der Waals surface area contributed by atoms with Crippen molar-refractivity contribution < 1.29 is 4.92 Å². The van der Waals surface area contributed by atoms with E-state index in [1.165, 1.54) is 25.3 Å². The Bertz CT molecular complexity index is 1010. The van der Waals surface area contributed by atoms with Crippen LogP contribution in [0.1, 0.15) is 37.7 Å². The van der Waals surface area contributed by atoms with Crippen molar-refractivity contribution in [1.82, 2.24) is 15.0 Å². The monoisotopic (exact) mass is 404 g/mol. The van der Waals surface area contributed by atoms with E-state index in [-0.39, 0.29) is 10.6 Å². The molecular formula is C22H24N6O2. The summed E-state index contributed by atoms with van der Waals surface area (Å²) >= 11 is 0. The molecule has 2 aromatic heterocycles. The molecule has 0 amide bonds. The van der Waals surface area contributed by atoms with Crippen LogP contribution in [0.3, 0.4) is 0 Å². The molecule has 8 heteroatoms. The molecule has 1 aliphatic rings. The minimum atomic E-state index is -0.388. The number of non-ortho nitro benzene ring substituents is 1. The van der Waals surface area contributed by atoms with Crippen LogP contribution in [0.2, 0.25) is 0 Å². The van der Waals surface area contributed by atoms with E-state index in [0.29, 0.717) is 24.4 Å². The highest BCUT2D eigenvalue weighted by molar-refractivity contribution is 5.63. The van der Waals surface area contributed by atoms with Crippen LogP contribution >= 0.6 is 0 Å². The van der Waals surface area contributed by atoms with Gasteiger partial charge >= 0.3 is 0 Å². The van der Waals surface area contributed by atoms with Gasteiger partial charge in [0.25, 0.3) is 5.69 Å². The van der Waals surface area contributed by atoms with Gasteiger partial charge < -0.3 is 10.6 Å². The van der Waals surface area contributed by atoms with E-state index in [0.717, 1.165) is 29.7 Å². The molecule has 30 heavy (non-hydrogen) atoms. The fourth-order valence-corrected chi connectivity index (χ4v) is 3.67. The molecule has 0 atom stereocenters. The van der Waals surface area contributed by atoms with Gasteiger partial charge in [0.05, 0.1) is 10.6 Å². The second-order valence-electron chi connectivity index (χ2n) is 7.46. The number of anilines is 2. The Morgan fingerprint density at radius 3 is 2.70 bits per heavy atom.